The Morgan fingerprint density at radius 3 is 2.39 bits per heavy atom. The van der Waals surface area contributed by atoms with Crippen LogP contribution >= 0.6 is 11.3 Å². The van der Waals surface area contributed by atoms with E-state index in [4.69, 9.17) is 0 Å². The number of aromatic nitrogens is 1. The summed E-state index contributed by atoms with van der Waals surface area (Å²) in [5.41, 5.74) is -0.434. The Hall–Kier alpha value is -3.25. The molecule has 1 aromatic heterocycles. The molecule has 8 nitrogen and oxygen atoms in total. The number of rotatable bonds is 5. The van der Waals surface area contributed by atoms with Gasteiger partial charge in [-0.1, -0.05) is 11.3 Å². The number of nitrogens with zero attached hydrogens (tertiary/aromatic N) is 2. The summed E-state index contributed by atoms with van der Waals surface area (Å²) >= 11 is 0.643. The van der Waals surface area contributed by atoms with E-state index in [-0.39, 0.29) is 25.5 Å². The molecule has 0 saturated heterocycles. The lowest BCUT2D eigenvalue weighted by Gasteiger charge is -2.02. The summed E-state index contributed by atoms with van der Waals surface area (Å²) in [5.74, 6) is -3.11. The van der Waals surface area contributed by atoms with Crippen LogP contribution in [0.3, 0.4) is 0 Å². The lowest BCUT2D eigenvalue weighted by molar-refractivity contribution is -0.384. The summed E-state index contributed by atoms with van der Waals surface area (Å²) in [5, 5.41) is 12.9. The molecule has 0 fully saturated rings. The number of amides is 1. The quantitative estimate of drug-likeness (QED) is 0.494. The third-order valence-electron chi connectivity index (χ3n) is 3.51. The van der Waals surface area contributed by atoms with E-state index in [0.717, 1.165) is 42.6 Å². The topological polar surface area (TPSA) is 119 Å². The van der Waals surface area contributed by atoms with Gasteiger partial charge in [-0.3, -0.25) is 20.2 Å². The van der Waals surface area contributed by atoms with Crippen molar-refractivity contribution in [2.75, 3.05) is 5.32 Å². The van der Waals surface area contributed by atoms with Gasteiger partial charge in [-0.2, -0.15) is 0 Å². The van der Waals surface area contributed by atoms with Gasteiger partial charge in [-0.05, 0) is 30.3 Å². The first-order valence-corrected chi connectivity index (χ1v) is 9.70. The first kappa shape index (κ1) is 19.5. The second kappa shape index (κ2) is 7.40. The average Bonchev–Trinajstić information content (AvgIpc) is 3.13. The third-order valence-corrected chi connectivity index (χ3v) is 6.65. The molecule has 1 amide bonds. The standard InChI is InChI=1S/C16H9F2N3O5S2/c17-12-6-1-9(7-13(12)18)15(22)20-16-19-8-14(27-16)28(25,26)11-4-2-10(3-5-11)21(23)24/h1-8H,(H,19,20,22). The molecular weight excluding hydrogens is 416 g/mol. The normalized spacial score (nSPS) is 11.2. The maximum Gasteiger partial charge on any atom is 0.269 e. The number of halogens is 2. The van der Waals surface area contributed by atoms with Crippen molar-refractivity contribution >= 4 is 37.9 Å². The van der Waals surface area contributed by atoms with Crippen molar-refractivity contribution in [3.8, 4) is 0 Å². The second-order valence-corrected chi connectivity index (χ2v) is 8.53. The maximum atomic E-state index is 13.2. The number of nitro groups is 1. The van der Waals surface area contributed by atoms with Crippen molar-refractivity contribution in [1.29, 1.82) is 0 Å². The Balaban J connectivity index is 1.81. The lowest BCUT2D eigenvalue weighted by Crippen LogP contribution is -2.12. The van der Waals surface area contributed by atoms with Crippen LogP contribution in [-0.2, 0) is 9.84 Å². The van der Waals surface area contributed by atoms with E-state index in [2.05, 4.69) is 10.3 Å². The van der Waals surface area contributed by atoms with E-state index in [0.29, 0.717) is 17.4 Å². The number of hydrogen-bond donors (Lipinski definition) is 1. The molecule has 0 atom stereocenters. The molecule has 0 aliphatic heterocycles. The van der Waals surface area contributed by atoms with E-state index in [1.54, 1.807) is 0 Å². The van der Waals surface area contributed by atoms with Crippen LogP contribution < -0.4 is 5.32 Å². The number of nitro benzene ring substituents is 1. The highest BCUT2D eigenvalue weighted by atomic mass is 32.2. The average molecular weight is 425 g/mol. The number of nitrogens with one attached hydrogen (secondary N) is 1. The van der Waals surface area contributed by atoms with Gasteiger partial charge in [-0.15, -0.1) is 0 Å². The Morgan fingerprint density at radius 2 is 1.79 bits per heavy atom. The second-order valence-electron chi connectivity index (χ2n) is 5.32. The number of hydrogen-bond acceptors (Lipinski definition) is 7. The third kappa shape index (κ3) is 3.87. The molecule has 0 saturated carbocycles. The molecular formula is C16H9F2N3O5S2. The lowest BCUT2D eigenvalue weighted by atomic mass is 10.2. The van der Waals surface area contributed by atoms with Crippen molar-refractivity contribution in [2.24, 2.45) is 0 Å². The molecule has 1 heterocycles. The monoisotopic (exact) mass is 425 g/mol. The fraction of sp³-hybridized carbons (Fsp3) is 0. The fourth-order valence-electron chi connectivity index (χ4n) is 2.11. The molecule has 3 rings (SSSR count). The van der Waals surface area contributed by atoms with Gasteiger partial charge in [0.05, 0.1) is 16.0 Å². The molecule has 0 radical (unpaired) electrons. The molecule has 2 aromatic carbocycles. The molecule has 0 unspecified atom stereocenters. The number of non-ortho nitro benzene ring substituents is 1. The Kier molecular flexibility index (Phi) is 5.16. The van der Waals surface area contributed by atoms with E-state index in [1.807, 2.05) is 0 Å². The van der Waals surface area contributed by atoms with E-state index < -0.39 is 32.3 Å². The van der Waals surface area contributed by atoms with Crippen LogP contribution in [0, 0.1) is 21.7 Å². The molecule has 0 bridgehead atoms. The number of carbonyl (C=O) groups is 1. The minimum atomic E-state index is -4.00. The highest BCUT2D eigenvalue weighted by molar-refractivity contribution is 7.93. The van der Waals surface area contributed by atoms with Crippen LogP contribution in [0.4, 0.5) is 19.6 Å². The minimum Gasteiger partial charge on any atom is -0.298 e. The SMILES string of the molecule is O=C(Nc1ncc(S(=O)(=O)c2ccc([N+](=O)[O-])cc2)s1)c1ccc(F)c(F)c1. The summed E-state index contributed by atoms with van der Waals surface area (Å²) in [6.07, 6.45) is 1.02. The van der Waals surface area contributed by atoms with Crippen molar-refractivity contribution < 1.29 is 26.9 Å². The molecule has 12 heteroatoms. The largest absolute Gasteiger partial charge is 0.298 e. The van der Waals surface area contributed by atoms with Crippen LogP contribution in [0.1, 0.15) is 10.4 Å². The summed E-state index contributed by atoms with van der Waals surface area (Å²) in [7, 11) is -4.00. The maximum absolute atomic E-state index is 13.2. The molecule has 0 aliphatic carbocycles. The summed E-state index contributed by atoms with van der Waals surface area (Å²) < 4.78 is 51.1. The highest BCUT2D eigenvalue weighted by Crippen LogP contribution is 2.29. The van der Waals surface area contributed by atoms with Gasteiger partial charge in [0.15, 0.2) is 16.8 Å². The summed E-state index contributed by atoms with van der Waals surface area (Å²) in [6, 6.07) is 6.85. The van der Waals surface area contributed by atoms with Crippen molar-refractivity contribution in [1.82, 2.24) is 4.98 Å². The Labute approximate surface area is 160 Å². The molecule has 0 spiro atoms. The van der Waals surface area contributed by atoms with E-state index in [1.165, 1.54) is 0 Å². The van der Waals surface area contributed by atoms with Gasteiger partial charge in [-0.25, -0.2) is 22.2 Å². The fourth-order valence-corrected chi connectivity index (χ4v) is 4.54. The molecule has 0 aliphatic rings. The van der Waals surface area contributed by atoms with E-state index >= 15 is 0 Å². The number of carbonyl (C=O) groups excluding carboxylic acids is 1. The number of anilines is 1. The van der Waals surface area contributed by atoms with Gasteiger partial charge in [0.2, 0.25) is 9.84 Å². The molecule has 3 aromatic rings. The van der Waals surface area contributed by atoms with Crippen LogP contribution in [0.25, 0.3) is 0 Å². The van der Waals surface area contributed by atoms with Crippen LogP contribution in [0.15, 0.2) is 57.8 Å². The number of sulfone groups is 1. The first-order chi connectivity index (χ1) is 13.2. The zero-order chi connectivity index (χ0) is 20.5. The van der Waals surface area contributed by atoms with Gasteiger partial charge in [0, 0.05) is 17.7 Å². The zero-order valence-electron chi connectivity index (χ0n) is 13.6. The van der Waals surface area contributed by atoms with E-state index in [9.17, 15) is 32.1 Å². The predicted octanol–water partition coefficient (Wildman–Crippen LogP) is 3.41. The molecule has 144 valence electrons. The first-order valence-electron chi connectivity index (χ1n) is 7.40. The van der Waals surface area contributed by atoms with Gasteiger partial charge < -0.3 is 0 Å². The molecule has 1 N–H and O–H groups in total. The smallest absolute Gasteiger partial charge is 0.269 e. The molecule has 28 heavy (non-hydrogen) atoms. The minimum absolute atomic E-state index is 0.0739. The zero-order valence-corrected chi connectivity index (χ0v) is 15.3. The Morgan fingerprint density at radius 1 is 1.11 bits per heavy atom. The van der Waals surface area contributed by atoms with Gasteiger partial charge >= 0.3 is 0 Å². The van der Waals surface area contributed by atoms with Crippen molar-refractivity contribution in [3.63, 3.8) is 0 Å². The van der Waals surface area contributed by atoms with Crippen molar-refractivity contribution in [2.45, 2.75) is 9.10 Å². The summed E-state index contributed by atoms with van der Waals surface area (Å²) in [6.45, 7) is 0. The predicted molar refractivity (Wildman–Crippen MR) is 95.0 cm³/mol. The van der Waals surface area contributed by atoms with Gasteiger partial charge in [0.25, 0.3) is 11.6 Å². The summed E-state index contributed by atoms with van der Waals surface area (Å²) in [4.78, 5) is 25.7. The van der Waals surface area contributed by atoms with Crippen molar-refractivity contribution in [3.05, 3.63) is 76.0 Å². The highest BCUT2D eigenvalue weighted by Gasteiger charge is 2.22. The van der Waals surface area contributed by atoms with Crippen LogP contribution in [-0.4, -0.2) is 24.2 Å². The number of benzene rings is 2. The number of thiazole rings is 1. The van der Waals surface area contributed by atoms with Gasteiger partial charge in [0.1, 0.15) is 4.21 Å². The Bertz CT molecular complexity index is 1180. The van der Waals surface area contributed by atoms with Crippen LogP contribution in [0.5, 0.6) is 0 Å². The van der Waals surface area contributed by atoms with Crippen LogP contribution in [0.2, 0.25) is 0 Å².